The Kier molecular flexibility index (Phi) is 4.88. The maximum atomic E-state index is 12.9. The van der Waals surface area contributed by atoms with Crippen LogP contribution in [0.5, 0.6) is 0 Å². The van der Waals surface area contributed by atoms with E-state index in [4.69, 9.17) is 10.1 Å². The van der Waals surface area contributed by atoms with Crippen LogP contribution >= 0.6 is 0 Å². The average molecular weight is 447 g/mol. The van der Waals surface area contributed by atoms with E-state index in [9.17, 15) is 19.2 Å². The molecular formula is C20H26N6O4S. The summed E-state index contributed by atoms with van der Waals surface area (Å²) in [5.41, 5.74) is 5.28. The van der Waals surface area contributed by atoms with Gasteiger partial charge in [-0.3, -0.25) is 9.67 Å². The molecule has 1 atom stereocenters. The standard InChI is InChI=1S/C20H26N6O4S/c21-31(30,16-5-9-26(24-16)12(10-27)11-28)25-19(29)23-17-13-2-1-3-15(13)22-18-14(17)4-6-20(18)7-8-20/h5,9,12,27-28H,1-4,6-8,10-11H2,(H3,21,22,23,25,29,30). The lowest BCUT2D eigenvalue weighted by Gasteiger charge is -2.16. The predicted octanol–water partition coefficient (Wildman–Crippen LogP) is 1.20. The van der Waals surface area contributed by atoms with Gasteiger partial charge in [-0.1, -0.05) is 0 Å². The van der Waals surface area contributed by atoms with Gasteiger partial charge in [-0.05, 0) is 62.1 Å². The molecule has 31 heavy (non-hydrogen) atoms. The van der Waals surface area contributed by atoms with Gasteiger partial charge in [0.25, 0.3) is 0 Å². The third-order valence-electron chi connectivity index (χ3n) is 6.66. The van der Waals surface area contributed by atoms with Crippen LogP contribution in [-0.4, -0.2) is 48.4 Å². The number of aryl methyl sites for hydroxylation is 1. The fraction of sp³-hybridized carbons (Fsp3) is 0.550. The van der Waals surface area contributed by atoms with Crippen molar-refractivity contribution < 1.29 is 19.2 Å². The molecule has 2 heterocycles. The first-order valence-corrected chi connectivity index (χ1v) is 12.1. The van der Waals surface area contributed by atoms with Crippen LogP contribution in [-0.2, 0) is 34.6 Å². The van der Waals surface area contributed by atoms with Crippen molar-refractivity contribution in [2.45, 2.75) is 61.4 Å². The van der Waals surface area contributed by atoms with Crippen LogP contribution in [0.25, 0.3) is 0 Å². The number of nitrogens with one attached hydrogen (secondary N) is 1. The Labute approximate surface area is 180 Å². The van der Waals surface area contributed by atoms with Gasteiger partial charge in [0.1, 0.15) is 0 Å². The summed E-state index contributed by atoms with van der Waals surface area (Å²) in [4.78, 5) is 17.7. The van der Waals surface area contributed by atoms with E-state index < -0.39 is 22.0 Å². The summed E-state index contributed by atoms with van der Waals surface area (Å²) < 4.78 is 17.9. The zero-order chi connectivity index (χ0) is 21.8. The van der Waals surface area contributed by atoms with Crippen molar-refractivity contribution in [3.63, 3.8) is 0 Å². The van der Waals surface area contributed by atoms with Gasteiger partial charge in [0.2, 0.25) is 0 Å². The lowest BCUT2D eigenvalue weighted by atomic mass is 10.0. The molecular weight excluding hydrogens is 420 g/mol. The fourth-order valence-corrected chi connectivity index (χ4v) is 5.63. The summed E-state index contributed by atoms with van der Waals surface area (Å²) in [5, 5.41) is 31.2. The molecule has 1 saturated carbocycles. The molecule has 2 aromatic rings. The van der Waals surface area contributed by atoms with E-state index in [0.717, 1.165) is 73.1 Å². The topological polar surface area (TPSA) is 156 Å². The van der Waals surface area contributed by atoms with Crippen LogP contribution in [0.3, 0.4) is 0 Å². The Morgan fingerprint density at radius 2 is 2.03 bits per heavy atom. The highest BCUT2D eigenvalue weighted by molar-refractivity contribution is 7.91. The van der Waals surface area contributed by atoms with Crippen LogP contribution in [0.1, 0.15) is 54.2 Å². The third-order valence-corrected chi connectivity index (χ3v) is 7.92. The van der Waals surface area contributed by atoms with Crippen molar-refractivity contribution in [3.8, 4) is 0 Å². The van der Waals surface area contributed by atoms with Crippen molar-refractivity contribution in [2.24, 2.45) is 9.50 Å². The van der Waals surface area contributed by atoms with Gasteiger partial charge in [-0.2, -0.15) is 5.10 Å². The second kappa shape index (κ2) is 7.37. The lowest BCUT2D eigenvalue weighted by molar-refractivity contribution is 0.145. The largest absolute Gasteiger partial charge is 0.394 e. The summed E-state index contributed by atoms with van der Waals surface area (Å²) in [5.74, 6) is 0. The number of hydrogen-bond donors (Lipinski definition) is 4. The monoisotopic (exact) mass is 446 g/mol. The normalized spacial score (nSPS) is 19.9. The Balaban J connectivity index is 1.45. The number of urea groups is 1. The highest BCUT2D eigenvalue weighted by atomic mass is 32.2. The maximum absolute atomic E-state index is 12.9. The maximum Gasteiger partial charge on any atom is 0.354 e. The number of fused-ring (bicyclic) bond motifs is 3. The predicted molar refractivity (Wildman–Crippen MR) is 113 cm³/mol. The van der Waals surface area contributed by atoms with Crippen molar-refractivity contribution in [1.82, 2.24) is 14.8 Å². The summed E-state index contributed by atoms with van der Waals surface area (Å²) in [6, 6.07) is -0.0903. The molecule has 0 aromatic carbocycles. The van der Waals surface area contributed by atoms with Crippen molar-refractivity contribution in [3.05, 3.63) is 34.8 Å². The number of aliphatic hydroxyl groups is 2. The van der Waals surface area contributed by atoms with Gasteiger partial charge in [-0.25, -0.2) is 14.1 Å². The van der Waals surface area contributed by atoms with E-state index in [1.54, 1.807) is 0 Å². The van der Waals surface area contributed by atoms with Gasteiger partial charge in [0.15, 0.2) is 14.9 Å². The number of hydrogen-bond acceptors (Lipinski definition) is 6. The van der Waals surface area contributed by atoms with Crippen molar-refractivity contribution >= 4 is 21.6 Å². The molecule has 1 spiro atoms. The molecule has 10 nitrogen and oxygen atoms in total. The number of amides is 2. The number of aliphatic hydroxyl groups excluding tert-OH is 2. The van der Waals surface area contributed by atoms with Gasteiger partial charge in [-0.15, -0.1) is 4.36 Å². The molecule has 0 aliphatic heterocycles. The first kappa shape index (κ1) is 20.6. The summed E-state index contributed by atoms with van der Waals surface area (Å²) in [6.45, 7) is -0.693. The van der Waals surface area contributed by atoms with E-state index in [0.29, 0.717) is 0 Å². The van der Waals surface area contributed by atoms with E-state index in [-0.39, 0.29) is 23.7 Å². The van der Waals surface area contributed by atoms with E-state index in [1.165, 1.54) is 16.9 Å². The number of rotatable bonds is 5. The Morgan fingerprint density at radius 3 is 2.74 bits per heavy atom. The molecule has 1 unspecified atom stereocenters. The van der Waals surface area contributed by atoms with Crippen LogP contribution in [0.2, 0.25) is 0 Å². The Hall–Kier alpha value is -2.34. The van der Waals surface area contributed by atoms with E-state index >= 15 is 0 Å². The Bertz CT molecular complexity index is 1170. The van der Waals surface area contributed by atoms with Crippen LogP contribution in [0.15, 0.2) is 21.7 Å². The number of anilines is 1. The number of nitrogens with two attached hydrogens (primary N) is 1. The molecule has 166 valence electrons. The van der Waals surface area contributed by atoms with Gasteiger partial charge in [0.05, 0.1) is 30.6 Å². The molecule has 5 N–H and O–H groups in total. The van der Waals surface area contributed by atoms with Crippen molar-refractivity contribution in [2.75, 3.05) is 18.5 Å². The highest BCUT2D eigenvalue weighted by Crippen LogP contribution is 2.58. The first-order chi connectivity index (χ1) is 14.9. The van der Waals surface area contributed by atoms with Gasteiger partial charge in [0, 0.05) is 17.3 Å². The molecule has 1 fully saturated rings. The van der Waals surface area contributed by atoms with Gasteiger partial charge >= 0.3 is 6.03 Å². The molecule has 3 aliphatic carbocycles. The smallest absolute Gasteiger partial charge is 0.354 e. The fourth-order valence-electron chi connectivity index (χ4n) is 4.78. The molecule has 5 rings (SSSR count). The highest BCUT2D eigenvalue weighted by Gasteiger charge is 2.51. The second-order valence-corrected chi connectivity index (χ2v) is 10.4. The molecule has 3 aliphatic rings. The van der Waals surface area contributed by atoms with Crippen molar-refractivity contribution in [1.29, 1.82) is 0 Å². The van der Waals surface area contributed by atoms with Gasteiger partial charge < -0.3 is 15.5 Å². The number of carbonyl (C=O) groups is 1. The van der Waals surface area contributed by atoms with E-state index in [2.05, 4.69) is 14.8 Å². The average Bonchev–Trinajstić information content (AvgIpc) is 3.09. The first-order valence-electron chi connectivity index (χ1n) is 10.5. The van der Waals surface area contributed by atoms with Crippen LogP contribution in [0.4, 0.5) is 10.5 Å². The van der Waals surface area contributed by atoms with Crippen LogP contribution < -0.4 is 10.5 Å². The number of pyridine rings is 1. The molecule has 11 heteroatoms. The lowest BCUT2D eigenvalue weighted by Crippen LogP contribution is -2.21. The third kappa shape index (κ3) is 3.45. The van der Waals surface area contributed by atoms with Crippen LogP contribution in [0, 0.1) is 0 Å². The minimum absolute atomic E-state index is 0.0864. The quantitative estimate of drug-likeness (QED) is 0.541. The summed E-state index contributed by atoms with van der Waals surface area (Å²) in [7, 11) is -3.60. The summed E-state index contributed by atoms with van der Waals surface area (Å²) in [6.07, 6.45) is 8.41. The molecule has 0 radical (unpaired) electrons. The molecule has 2 amide bonds. The number of carbonyl (C=O) groups excluding carboxylic acids is 1. The number of aromatic nitrogens is 3. The molecule has 2 aromatic heterocycles. The number of nitrogens with zero attached hydrogens (tertiary/aromatic N) is 4. The molecule has 0 saturated heterocycles. The minimum atomic E-state index is -3.60. The SMILES string of the molecule is NS(=O)(=NC(=O)Nc1c2c(nc3c1CCC31CC1)CCC2)c1ccn(C(CO)CO)n1. The minimum Gasteiger partial charge on any atom is -0.394 e. The summed E-state index contributed by atoms with van der Waals surface area (Å²) >= 11 is 0. The second-order valence-electron chi connectivity index (χ2n) is 8.62. The zero-order valence-electron chi connectivity index (χ0n) is 17.1. The zero-order valence-corrected chi connectivity index (χ0v) is 17.9. The molecule has 0 bridgehead atoms. The van der Waals surface area contributed by atoms with E-state index in [1.807, 2.05) is 0 Å². The Morgan fingerprint density at radius 1 is 1.26 bits per heavy atom.